The van der Waals surface area contributed by atoms with Gasteiger partial charge in [-0.15, -0.1) is 0 Å². The van der Waals surface area contributed by atoms with Gasteiger partial charge in [0.1, 0.15) is 17.2 Å². The Hall–Kier alpha value is -2.81. The highest BCUT2D eigenvalue weighted by Crippen LogP contribution is 2.36. The maximum Gasteiger partial charge on any atom is 0.146 e. The van der Waals surface area contributed by atoms with Crippen LogP contribution >= 0.6 is 0 Å². The van der Waals surface area contributed by atoms with E-state index in [1.165, 1.54) is 6.07 Å². The number of rotatable bonds is 5. The molecular formula is C26H32FN5O2. The Morgan fingerprint density at radius 1 is 1.09 bits per heavy atom. The van der Waals surface area contributed by atoms with Crippen molar-refractivity contribution in [2.24, 2.45) is 5.92 Å². The number of anilines is 3. The smallest absolute Gasteiger partial charge is 0.146 e. The fourth-order valence-electron chi connectivity index (χ4n) is 4.91. The van der Waals surface area contributed by atoms with Crippen LogP contribution in [0, 0.1) is 11.7 Å². The van der Waals surface area contributed by atoms with E-state index in [4.69, 9.17) is 9.72 Å². The molecule has 1 atom stereocenters. The number of fused-ring (bicyclic) bond motifs is 1. The van der Waals surface area contributed by atoms with Crippen LogP contribution in [0.2, 0.25) is 0 Å². The van der Waals surface area contributed by atoms with Crippen molar-refractivity contribution in [1.29, 1.82) is 0 Å². The second-order valence-corrected chi connectivity index (χ2v) is 9.57. The van der Waals surface area contributed by atoms with Gasteiger partial charge in [0.25, 0.3) is 0 Å². The van der Waals surface area contributed by atoms with E-state index in [-0.39, 0.29) is 11.7 Å². The van der Waals surface area contributed by atoms with Crippen LogP contribution in [0.1, 0.15) is 25.5 Å². The van der Waals surface area contributed by atoms with Crippen molar-refractivity contribution >= 4 is 28.1 Å². The summed E-state index contributed by atoms with van der Waals surface area (Å²) in [7, 11) is 2.11. The third kappa shape index (κ3) is 4.71. The molecule has 4 heterocycles. The maximum atomic E-state index is 14.6. The lowest BCUT2D eigenvalue weighted by Crippen LogP contribution is -2.41. The fourth-order valence-corrected chi connectivity index (χ4v) is 4.91. The number of pyridine rings is 2. The number of ether oxygens (including phenoxy) is 1. The summed E-state index contributed by atoms with van der Waals surface area (Å²) in [5.74, 6) is 0.324. The first-order valence-corrected chi connectivity index (χ1v) is 12.0. The highest BCUT2D eigenvalue weighted by Gasteiger charge is 2.36. The van der Waals surface area contributed by atoms with Crippen molar-refractivity contribution in [2.75, 3.05) is 56.7 Å². The second kappa shape index (κ2) is 9.44. The molecule has 0 bridgehead atoms. The number of halogens is 1. The molecule has 0 spiro atoms. The minimum atomic E-state index is -1.01. The zero-order valence-corrected chi connectivity index (χ0v) is 19.8. The fraction of sp³-hybridized carbons (Fsp3) is 0.462. The minimum absolute atomic E-state index is 0.158. The molecule has 2 N–H and O–H groups in total. The number of aromatic nitrogens is 2. The van der Waals surface area contributed by atoms with Crippen molar-refractivity contribution in [3.8, 4) is 0 Å². The molecule has 2 saturated heterocycles. The maximum absolute atomic E-state index is 14.6. The van der Waals surface area contributed by atoms with Crippen LogP contribution in [0.4, 0.5) is 21.6 Å². The molecule has 0 aliphatic carbocycles. The number of benzene rings is 1. The van der Waals surface area contributed by atoms with Crippen molar-refractivity contribution in [1.82, 2.24) is 14.9 Å². The van der Waals surface area contributed by atoms with E-state index in [2.05, 4.69) is 27.1 Å². The predicted molar refractivity (Wildman–Crippen MR) is 132 cm³/mol. The summed E-state index contributed by atoms with van der Waals surface area (Å²) in [5, 5.41) is 15.4. The van der Waals surface area contributed by atoms with Gasteiger partial charge in [0.05, 0.1) is 30.1 Å². The second-order valence-electron chi connectivity index (χ2n) is 9.57. The van der Waals surface area contributed by atoms with E-state index < -0.39 is 5.60 Å². The number of aliphatic hydroxyl groups is 1. The topological polar surface area (TPSA) is 73.8 Å². The van der Waals surface area contributed by atoms with E-state index >= 15 is 0 Å². The largest absolute Gasteiger partial charge is 0.384 e. The normalized spacial score (nSPS) is 19.8. The standard InChI is InChI=1S/C26H32FN5O2/c1-26(33,19-7-9-31(2)10-8-19)24-6-3-18-17-28-25(16-22(18)29-24)30-23-15-20(4-5-21(23)27)32-11-13-34-14-12-32/h3-6,15-17,19,33H,7-14H2,1-2H3,(H,28,30)/t26-/m1/s1. The zero-order chi connectivity index (χ0) is 23.7. The van der Waals surface area contributed by atoms with Crippen LogP contribution < -0.4 is 10.2 Å². The number of morpholine rings is 1. The van der Waals surface area contributed by atoms with Crippen molar-refractivity contribution < 1.29 is 14.2 Å². The highest BCUT2D eigenvalue weighted by molar-refractivity contribution is 5.81. The van der Waals surface area contributed by atoms with Crippen LogP contribution in [0.5, 0.6) is 0 Å². The first-order chi connectivity index (χ1) is 16.4. The SMILES string of the molecule is CN1CCC([C@@](C)(O)c2ccc3cnc(Nc4cc(N5CCOCC5)ccc4F)cc3n2)CC1. The number of piperidine rings is 1. The molecule has 0 unspecified atom stereocenters. The molecule has 3 aromatic rings. The first kappa shape index (κ1) is 23.0. The number of likely N-dealkylation sites (tertiary alicyclic amines) is 1. The molecule has 2 fully saturated rings. The number of hydrogen-bond donors (Lipinski definition) is 2. The lowest BCUT2D eigenvalue weighted by molar-refractivity contribution is -0.0334. The average molecular weight is 466 g/mol. The molecule has 2 aromatic heterocycles. The summed E-state index contributed by atoms with van der Waals surface area (Å²) in [6.45, 7) is 6.71. The van der Waals surface area contributed by atoms with Crippen LogP contribution in [0.3, 0.4) is 0 Å². The van der Waals surface area contributed by atoms with Crippen molar-refractivity contribution in [3.63, 3.8) is 0 Å². The molecule has 7 nitrogen and oxygen atoms in total. The molecule has 0 amide bonds. The molecule has 34 heavy (non-hydrogen) atoms. The summed E-state index contributed by atoms with van der Waals surface area (Å²) in [5.41, 5.74) is 1.68. The molecule has 8 heteroatoms. The molecule has 2 aliphatic rings. The van der Waals surface area contributed by atoms with Gasteiger partial charge in [-0.2, -0.15) is 0 Å². The van der Waals surface area contributed by atoms with Gasteiger partial charge in [-0.05, 0) is 76.2 Å². The number of hydrogen-bond acceptors (Lipinski definition) is 7. The molecule has 0 radical (unpaired) electrons. The van der Waals surface area contributed by atoms with Crippen molar-refractivity contribution in [2.45, 2.75) is 25.4 Å². The van der Waals surface area contributed by atoms with Gasteiger partial charge >= 0.3 is 0 Å². The Labute approximate surface area is 199 Å². The van der Waals surface area contributed by atoms with E-state index in [1.54, 1.807) is 18.3 Å². The van der Waals surface area contributed by atoms with Crippen LogP contribution in [0.15, 0.2) is 42.6 Å². The van der Waals surface area contributed by atoms with Crippen LogP contribution in [0.25, 0.3) is 10.9 Å². The van der Waals surface area contributed by atoms with Gasteiger partial charge in [0.2, 0.25) is 0 Å². The lowest BCUT2D eigenvalue weighted by Gasteiger charge is -2.38. The van der Waals surface area contributed by atoms with Crippen molar-refractivity contribution in [3.05, 3.63) is 54.1 Å². The van der Waals surface area contributed by atoms with E-state index in [9.17, 15) is 9.50 Å². The molecule has 0 saturated carbocycles. The molecular weight excluding hydrogens is 433 g/mol. The zero-order valence-electron chi connectivity index (χ0n) is 19.8. The van der Waals surface area contributed by atoms with E-state index in [1.807, 2.05) is 25.1 Å². The highest BCUT2D eigenvalue weighted by atomic mass is 19.1. The first-order valence-electron chi connectivity index (χ1n) is 12.0. The number of nitrogens with one attached hydrogen (secondary N) is 1. The summed E-state index contributed by atoms with van der Waals surface area (Å²) in [6.07, 6.45) is 3.60. The Kier molecular flexibility index (Phi) is 6.38. The average Bonchev–Trinajstić information content (AvgIpc) is 2.86. The summed E-state index contributed by atoms with van der Waals surface area (Å²) < 4.78 is 20.0. The van der Waals surface area contributed by atoms with Gasteiger partial charge in [-0.25, -0.2) is 14.4 Å². The lowest BCUT2D eigenvalue weighted by atomic mass is 9.79. The third-order valence-electron chi connectivity index (χ3n) is 7.19. The van der Waals surface area contributed by atoms with Gasteiger partial charge in [0.15, 0.2) is 0 Å². The Morgan fingerprint density at radius 2 is 1.85 bits per heavy atom. The summed E-state index contributed by atoms with van der Waals surface area (Å²) in [6, 6.07) is 10.7. The predicted octanol–water partition coefficient (Wildman–Crippen LogP) is 3.90. The van der Waals surface area contributed by atoms with Gasteiger partial charge < -0.3 is 25.0 Å². The molecule has 1 aromatic carbocycles. The van der Waals surface area contributed by atoms with Crippen LogP contribution in [-0.2, 0) is 10.3 Å². The van der Waals surface area contributed by atoms with E-state index in [0.717, 1.165) is 50.1 Å². The summed E-state index contributed by atoms with van der Waals surface area (Å²) in [4.78, 5) is 13.7. The molecule has 2 aliphatic heterocycles. The molecule has 5 rings (SSSR count). The third-order valence-corrected chi connectivity index (χ3v) is 7.19. The van der Waals surface area contributed by atoms with Gasteiger partial charge in [-0.1, -0.05) is 0 Å². The summed E-state index contributed by atoms with van der Waals surface area (Å²) >= 11 is 0. The van der Waals surface area contributed by atoms with Gasteiger partial charge in [-0.3, -0.25) is 0 Å². The van der Waals surface area contributed by atoms with E-state index in [0.29, 0.717) is 35.9 Å². The van der Waals surface area contributed by atoms with Gasteiger partial charge in [0, 0.05) is 36.4 Å². The quantitative estimate of drug-likeness (QED) is 0.592. The van der Waals surface area contributed by atoms with Crippen LogP contribution in [-0.4, -0.2) is 66.4 Å². The Bertz CT molecular complexity index is 1160. The Balaban J connectivity index is 1.40. The minimum Gasteiger partial charge on any atom is -0.384 e. The Morgan fingerprint density at radius 3 is 2.62 bits per heavy atom. The molecule has 180 valence electrons. The number of nitrogens with zero attached hydrogens (tertiary/aromatic N) is 4. The monoisotopic (exact) mass is 465 g/mol.